The Balaban J connectivity index is 0.000000132. The summed E-state index contributed by atoms with van der Waals surface area (Å²) in [5.74, 6) is -2.45. The highest BCUT2D eigenvalue weighted by molar-refractivity contribution is 9.10. The average molecular weight is 2060 g/mol. The van der Waals surface area contributed by atoms with Crippen molar-refractivity contribution < 1.29 is 52.0 Å². The van der Waals surface area contributed by atoms with Gasteiger partial charge in [-0.05, 0) is 176 Å². The second kappa shape index (κ2) is 42.1. The highest BCUT2D eigenvalue weighted by atomic mass is 79.9. The van der Waals surface area contributed by atoms with Gasteiger partial charge in [0.2, 0.25) is 0 Å². The monoisotopic (exact) mass is 2050 g/mol. The van der Waals surface area contributed by atoms with Gasteiger partial charge in [-0.15, -0.1) is 0 Å². The predicted octanol–water partition coefficient (Wildman–Crippen LogP) is 22.6. The van der Waals surface area contributed by atoms with Crippen molar-refractivity contribution in [3.63, 3.8) is 0 Å². The first-order chi connectivity index (χ1) is 66.2. The molecule has 5 N–H and O–H groups in total. The van der Waals surface area contributed by atoms with Crippen molar-refractivity contribution in [2.24, 2.45) is 0 Å². The average Bonchev–Trinajstić information content (AvgIpc) is 0.743. The minimum Gasteiger partial charge on any atom is -0.507 e. The third kappa shape index (κ3) is 20.4. The van der Waals surface area contributed by atoms with Gasteiger partial charge in [0.1, 0.15) is 74.4 Å². The lowest BCUT2D eigenvalue weighted by atomic mass is 10.0. The zero-order valence-corrected chi connectivity index (χ0v) is 80.8. The molecular formula is C106H81Br2ClFN5O20S3. The maximum atomic E-state index is 14.0. The quantitative estimate of drug-likeness (QED) is 0.0600. The van der Waals surface area contributed by atoms with Crippen molar-refractivity contribution in [2.45, 2.75) is 110 Å². The molecule has 25 nitrogen and oxygen atoms in total. The van der Waals surface area contributed by atoms with Gasteiger partial charge in [0.15, 0.2) is 34.2 Å². The summed E-state index contributed by atoms with van der Waals surface area (Å²) in [4.78, 5) is 129. The van der Waals surface area contributed by atoms with E-state index in [0.717, 1.165) is 73.0 Å². The largest absolute Gasteiger partial charge is 0.507 e. The fraction of sp³-hybridized carbons (Fsp3) is 0.113. The first kappa shape index (κ1) is 97.5. The van der Waals surface area contributed by atoms with E-state index in [1.54, 1.807) is 128 Å². The molecule has 19 aromatic rings. The van der Waals surface area contributed by atoms with E-state index in [2.05, 4.69) is 31.9 Å². The Kier molecular flexibility index (Phi) is 29.8. The first-order valence-electron chi connectivity index (χ1n) is 42.5. The van der Waals surface area contributed by atoms with Gasteiger partial charge in [-0.3, -0.25) is 28.5 Å². The minimum atomic E-state index is -0.754. The fourth-order valence-corrected chi connectivity index (χ4v) is 19.3. The Hall–Kier alpha value is -15.0. The Morgan fingerprint density at radius 1 is 0.377 bits per heavy atom. The summed E-state index contributed by atoms with van der Waals surface area (Å²) in [5, 5.41) is 53.3. The molecule has 10 aromatic heterocycles. The normalized spacial score (nSPS) is 11.2. The van der Waals surface area contributed by atoms with Crippen LogP contribution in [0.2, 0.25) is 5.02 Å². The number of hydrogen-bond acceptors (Lipinski definition) is 23. The van der Waals surface area contributed by atoms with Gasteiger partial charge in [0, 0.05) is 77.0 Å². The molecule has 0 saturated heterocycles. The second-order valence-electron chi connectivity index (χ2n) is 31.9. The van der Waals surface area contributed by atoms with E-state index in [-0.39, 0.29) is 115 Å². The van der Waals surface area contributed by atoms with E-state index in [4.69, 9.17) is 33.7 Å². The van der Waals surface area contributed by atoms with Gasteiger partial charge in [-0.25, -0.2) is 28.4 Å². The van der Waals surface area contributed by atoms with Crippen LogP contribution in [0.15, 0.2) is 387 Å². The van der Waals surface area contributed by atoms with Crippen molar-refractivity contribution in [2.75, 3.05) is 0 Å². The van der Waals surface area contributed by atoms with Gasteiger partial charge in [-0.1, -0.05) is 241 Å². The molecule has 0 radical (unpaired) electrons. The van der Waals surface area contributed by atoms with Crippen molar-refractivity contribution in [1.82, 2.24) is 22.8 Å². The zero-order valence-electron chi connectivity index (χ0n) is 74.5. The number of pyridine rings is 5. The summed E-state index contributed by atoms with van der Waals surface area (Å²) in [7, 11) is 0. The molecule has 10 heterocycles. The van der Waals surface area contributed by atoms with E-state index in [9.17, 15) is 77.9 Å². The Labute approximate surface area is 816 Å². The van der Waals surface area contributed by atoms with Gasteiger partial charge in [0.25, 0.3) is 27.8 Å². The van der Waals surface area contributed by atoms with Crippen LogP contribution >= 0.6 is 78.7 Å². The maximum Gasteiger partial charge on any atom is 0.354 e. The van der Waals surface area contributed by atoms with Gasteiger partial charge >= 0.3 is 28.1 Å². The molecule has 138 heavy (non-hydrogen) atoms. The molecule has 0 amide bonds. The van der Waals surface area contributed by atoms with Crippen LogP contribution in [-0.2, 0) is 13.1 Å². The third-order valence-corrected chi connectivity index (χ3v) is 27.2. The maximum absolute atomic E-state index is 14.0. The van der Waals surface area contributed by atoms with E-state index >= 15 is 0 Å². The molecule has 0 aliphatic rings. The number of fused-ring (bicyclic) bond motifs is 5. The summed E-state index contributed by atoms with van der Waals surface area (Å²) < 4.78 is 49.1. The van der Waals surface area contributed by atoms with Crippen LogP contribution < -0.4 is 55.9 Å². The first-order valence-corrected chi connectivity index (χ1v) is 47.0. The third-order valence-electron chi connectivity index (χ3n) is 22.0. The van der Waals surface area contributed by atoms with Crippen LogP contribution in [0.25, 0.3) is 94.3 Å². The number of aromatic nitrogens is 5. The SMILES string of the molecule is Cc1c(-c2ccccc2)n(C(C)C)c(=O)c2c(O)c(Sc3cccc(Cl)c3)c(=O)oc12.Cc1c(-c2ccccc2)n(C(C)C)c(=O)c2c(O)c(Sc3ccccc3Br)c(=O)oc12.Cc1cc2oc(=O)c(Br)c(O)c2c(=O)n1Cc1ccccc1.Cc1cc2oc(=O)cc(O)c2c(=O)n1Cc1ccccc1.O=c1oc2cc(-c3ccccc3)n(-c3cccc(F)c3)c(=O)c2c(O)c1Sc1ccccc1. The standard InChI is InChI=1S/C26H16FNO4S.C24H20BrNO4S.C24H20ClNO4S.C16H12BrNO4.C16H13NO4/c27-17-10-7-11-18(14-17)28-20(16-8-3-1-4-9-16)15-21-22(25(28)30)23(29)24(26(31)32-21)33-19-12-5-2-6-13-19;1-13(2)26-19(15-9-5-4-6-10-15)14(3)21-18(23(26)28)20(27)22(24(29)30-21)31-17-12-8-7-11-16(17)25;1-13(2)26-19(15-8-5-4-6-9-15)14(3)21-18(23(26)28)20(27)22(24(29)30-21)31-17-11-7-10-16(25)12-17;1-9-7-11-12(14(19)13(17)16(21)22-11)15(20)18(9)8-10-5-3-2-4-6-10;1-10-7-13-15(12(18)8-14(19)21-13)16(20)17(10)9-11-5-3-2-4-6-11/h1-15,29H;2*4-13,27H,1-3H3;2-7,19H,8H2,1H3;2-8,18H,9H2,1H3. The molecule has 9 aromatic carbocycles. The lowest BCUT2D eigenvalue weighted by Crippen LogP contribution is -2.26. The van der Waals surface area contributed by atoms with Gasteiger partial charge in [-0.2, -0.15) is 0 Å². The molecule has 0 bridgehead atoms. The van der Waals surface area contributed by atoms with Gasteiger partial charge < -0.3 is 65.9 Å². The van der Waals surface area contributed by atoms with Crippen LogP contribution in [0.5, 0.6) is 28.7 Å². The smallest absolute Gasteiger partial charge is 0.354 e. The molecule has 0 spiro atoms. The zero-order chi connectivity index (χ0) is 98.4. The molecular weight excluding hydrogens is 1970 g/mol. The highest BCUT2D eigenvalue weighted by Crippen LogP contribution is 2.44. The van der Waals surface area contributed by atoms with Crippen LogP contribution in [0, 0.1) is 33.5 Å². The number of benzene rings is 9. The molecule has 0 atom stereocenters. The van der Waals surface area contributed by atoms with E-state index in [0.29, 0.717) is 73.1 Å². The summed E-state index contributed by atoms with van der Waals surface area (Å²) in [6.07, 6.45) is 0. The van der Waals surface area contributed by atoms with Crippen molar-refractivity contribution in [3.05, 3.63) is 436 Å². The predicted molar refractivity (Wildman–Crippen MR) is 543 cm³/mol. The minimum absolute atomic E-state index is 0.00462. The molecule has 0 saturated carbocycles. The summed E-state index contributed by atoms with van der Waals surface area (Å²) in [5.41, 5.74) is 3.36. The molecule has 0 aliphatic carbocycles. The Morgan fingerprint density at radius 3 is 1.28 bits per heavy atom. The summed E-state index contributed by atoms with van der Waals surface area (Å²) in [6.45, 7) is 15.5. The second-order valence-corrected chi connectivity index (χ2v) is 37.2. The molecule has 0 aliphatic heterocycles. The number of aromatic hydroxyl groups is 5. The fourth-order valence-electron chi connectivity index (χ4n) is 15.6. The molecule has 0 unspecified atom stereocenters. The number of aryl methyl sites for hydroxylation is 4. The Morgan fingerprint density at radius 2 is 0.783 bits per heavy atom. The molecule has 0 fully saturated rings. The number of hydrogen-bond donors (Lipinski definition) is 5. The van der Waals surface area contributed by atoms with Crippen LogP contribution in [-0.4, -0.2) is 48.4 Å². The van der Waals surface area contributed by atoms with Crippen molar-refractivity contribution >= 4 is 134 Å². The van der Waals surface area contributed by atoms with Crippen LogP contribution in [0.1, 0.15) is 73.4 Å². The van der Waals surface area contributed by atoms with Gasteiger partial charge in [0.05, 0.1) is 41.9 Å². The van der Waals surface area contributed by atoms with E-state index in [1.165, 1.54) is 38.0 Å². The summed E-state index contributed by atoms with van der Waals surface area (Å²) >= 11 is 15.5. The number of nitrogens with zero attached hydrogens (tertiary/aromatic N) is 5. The molecule has 32 heteroatoms. The lowest BCUT2D eigenvalue weighted by Gasteiger charge is -2.21. The van der Waals surface area contributed by atoms with E-state index in [1.807, 2.05) is 185 Å². The lowest BCUT2D eigenvalue weighted by molar-refractivity contribution is 0.443. The molecule has 696 valence electrons. The van der Waals surface area contributed by atoms with Crippen LogP contribution in [0.3, 0.4) is 0 Å². The molecule has 19 rings (SSSR count). The summed E-state index contributed by atoms with van der Waals surface area (Å²) in [6, 6.07) is 81.0. The topological polar surface area (TPSA) is 362 Å². The van der Waals surface area contributed by atoms with Crippen molar-refractivity contribution in [1.29, 1.82) is 0 Å². The van der Waals surface area contributed by atoms with Crippen molar-refractivity contribution in [3.8, 4) is 68.2 Å². The Bertz CT molecular complexity index is 8620. The van der Waals surface area contributed by atoms with Crippen LogP contribution in [0.4, 0.5) is 4.39 Å². The number of rotatable bonds is 16. The highest BCUT2D eigenvalue weighted by Gasteiger charge is 2.30. The van der Waals surface area contributed by atoms with E-state index < -0.39 is 67.7 Å². The number of halogens is 4.